The molecule has 0 bridgehead atoms. The van der Waals surface area contributed by atoms with Crippen LogP contribution >= 0.6 is 0 Å². The fourth-order valence-corrected chi connectivity index (χ4v) is 6.68. The minimum atomic E-state index is -4.87. The topological polar surface area (TPSA) is 110 Å². The van der Waals surface area contributed by atoms with Gasteiger partial charge < -0.3 is 19.1 Å². The first-order chi connectivity index (χ1) is 21.4. The monoisotopic (exact) mass is 654 g/mol. The minimum Gasteiger partial charge on any atom is -0.492 e. The number of hydrogen-bond donors (Lipinski definition) is 1. The van der Waals surface area contributed by atoms with Crippen LogP contribution in [0, 0.1) is 5.92 Å². The molecule has 3 heterocycles. The minimum absolute atomic E-state index is 0.0804. The van der Waals surface area contributed by atoms with Gasteiger partial charge in [-0.25, -0.2) is 4.72 Å². The third kappa shape index (κ3) is 9.08. The fourth-order valence-electron chi connectivity index (χ4n) is 5.51. The molecular formula is C31H41F3N4O6S. The standard InChI is InChI=1S/C31H41F3N4O6S/c1-3-28(27-8-7-25(19-35-27)42-20-21-4-5-21)44-29-9-6-22(18-26(29)31(32,33)34)30(39)36-45(40,41)38-16-12-24(13-17-38)43-23-10-14-37(2)15-11-23/h6-9,18-19,21,23-24,28H,3-5,10-17,20H2,1-2H3,(H,36,39)/t28-/m1/s1. The molecule has 1 aliphatic carbocycles. The number of amides is 1. The molecule has 1 amide bonds. The van der Waals surface area contributed by atoms with Gasteiger partial charge in [-0.1, -0.05) is 6.92 Å². The number of nitrogens with zero attached hydrogens (tertiary/aromatic N) is 3. The molecule has 45 heavy (non-hydrogen) atoms. The summed E-state index contributed by atoms with van der Waals surface area (Å²) in [5.74, 6) is -0.510. The van der Waals surface area contributed by atoms with Crippen molar-refractivity contribution in [3.8, 4) is 11.5 Å². The van der Waals surface area contributed by atoms with E-state index in [2.05, 4.69) is 16.9 Å². The number of alkyl halides is 3. The van der Waals surface area contributed by atoms with Crippen LogP contribution < -0.4 is 14.2 Å². The van der Waals surface area contributed by atoms with Crippen molar-refractivity contribution in [1.29, 1.82) is 0 Å². The lowest BCUT2D eigenvalue weighted by Gasteiger charge is -2.35. The molecule has 2 aliphatic heterocycles. The van der Waals surface area contributed by atoms with Gasteiger partial charge in [-0.3, -0.25) is 9.78 Å². The van der Waals surface area contributed by atoms with Gasteiger partial charge in [-0.2, -0.15) is 25.9 Å². The summed E-state index contributed by atoms with van der Waals surface area (Å²) in [7, 11) is -2.22. The number of piperidine rings is 2. The number of benzene rings is 1. The highest BCUT2D eigenvalue weighted by Crippen LogP contribution is 2.39. The number of pyridine rings is 1. The first-order valence-corrected chi connectivity index (χ1v) is 17.0. The lowest BCUT2D eigenvalue weighted by molar-refractivity contribution is -0.139. The lowest BCUT2D eigenvalue weighted by atomic mass is 10.1. The highest BCUT2D eigenvalue weighted by molar-refractivity contribution is 7.87. The summed E-state index contributed by atoms with van der Waals surface area (Å²) >= 11 is 0. The molecule has 2 aromatic rings. The van der Waals surface area contributed by atoms with E-state index < -0.39 is 45.3 Å². The summed E-state index contributed by atoms with van der Waals surface area (Å²) in [5, 5.41) is 0. The van der Waals surface area contributed by atoms with Gasteiger partial charge >= 0.3 is 16.4 Å². The quantitative estimate of drug-likeness (QED) is 0.342. The average molecular weight is 655 g/mol. The summed E-state index contributed by atoms with van der Waals surface area (Å²) in [6, 6.07) is 6.12. The summed E-state index contributed by atoms with van der Waals surface area (Å²) in [5.41, 5.74) is -1.22. The van der Waals surface area contributed by atoms with Crippen LogP contribution in [0.25, 0.3) is 0 Å². The van der Waals surface area contributed by atoms with Gasteiger partial charge in [0, 0.05) is 31.7 Å². The molecule has 0 spiro atoms. The van der Waals surface area contributed by atoms with Crippen molar-refractivity contribution in [2.75, 3.05) is 39.8 Å². The maximum atomic E-state index is 14.1. The van der Waals surface area contributed by atoms with E-state index in [0.29, 0.717) is 49.3 Å². The van der Waals surface area contributed by atoms with Gasteiger partial charge in [0.25, 0.3) is 5.91 Å². The van der Waals surface area contributed by atoms with Gasteiger partial charge in [-0.05, 0) is 88.2 Å². The van der Waals surface area contributed by atoms with Crippen LogP contribution in [0.3, 0.4) is 0 Å². The van der Waals surface area contributed by atoms with Gasteiger partial charge in [0.15, 0.2) is 0 Å². The molecule has 0 unspecified atom stereocenters. The summed E-state index contributed by atoms with van der Waals surface area (Å²) in [6.07, 6.45) is 1.31. The number of aromatic nitrogens is 1. The number of hydrogen-bond acceptors (Lipinski definition) is 8. The number of rotatable bonds is 12. The third-order valence-corrected chi connectivity index (χ3v) is 9.96. The summed E-state index contributed by atoms with van der Waals surface area (Å²) < 4.78 is 89.0. The van der Waals surface area contributed by atoms with E-state index in [1.807, 2.05) is 4.72 Å². The van der Waals surface area contributed by atoms with Gasteiger partial charge in [0.2, 0.25) is 0 Å². The molecule has 1 atom stereocenters. The molecule has 0 radical (unpaired) electrons. The molecule has 5 rings (SSSR count). The maximum Gasteiger partial charge on any atom is 0.419 e. The average Bonchev–Trinajstić information content (AvgIpc) is 3.85. The van der Waals surface area contributed by atoms with Crippen molar-refractivity contribution in [2.24, 2.45) is 5.92 Å². The van der Waals surface area contributed by atoms with E-state index in [4.69, 9.17) is 14.2 Å². The summed E-state index contributed by atoms with van der Waals surface area (Å²) in [6.45, 7) is 4.55. The highest BCUT2D eigenvalue weighted by atomic mass is 32.2. The van der Waals surface area contributed by atoms with Crippen LogP contribution in [0.4, 0.5) is 13.2 Å². The second-order valence-electron chi connectivity index (χ2n) is 12.1. The predicted molar refractivity (Wildman–Crippen MR) is 160 cm³/mol. The largest absolute Gasteiger partial charge is 0.492 e. The smallest absolute Gasteiger partial charge is 0.419 e. The van der Waals surface area contributed by atoms with E-state index >= 15 is 0 Å². The molecule has 1 aromatic heterocycles. The van der Waals surface area contributed by atoms with Crippen molar-refractivity contribution >= 4 is 16.1 Å². The van der Waals surface area contributed by atoms with E-state index in [0.717, 1.165) is 55.2 Å². The second kappa shape index (κ2) is 14.2. The highest BCUT2D eigenvalue weighted by Gasteiger charge is 2.37. The Hall–Kier alpha value is -2.94. The van der Waals surface area contributed by atoms with Crippen molar-refractivity contribution < 1.29 is 40.6 Å². The second-order valence-corrected chi connectivity index (χ2v) is 13.7. The van der Waals surface area contributed by atoms with Crippen LogP contribution in [0.2, 0.25) is 0 Å². The Bertz CT molecular complexity index is 1410. The zero-order chi connectivity index (χ0) is 32.2. The van der Waals surface area contributed by atoms with Crippen LogP contribution in [0.15, 0.2) is 36.5 Å². The Labute approximate surface area is 262 Å². The fraction of sp³-hybridized carbons (Fsp3) is 0.613. The van der Waals surface area contributed by atoms with Crippen LogP contribution in [0.5, 0.6) is 11.5 Å². The molecule has 3 fully saturated rings. The SMILES string of the molecule is CC[C@@H](Oc1ccc(C(=O)NS(=O)(=O)N2CCC(OC3CCN(C)CC3)CC2)cc1C(F)(F)F)c1ccc(OCC2CC2)cn1. The van der Waals surface area contributed by atoms with Crippen LogP contribution in [-0.2, 0) is 21.1 Å². The molecule has 1 N–H and O–H groups in total. The molecule has 248 valence electrons. The Balaban J connectivity index is 1.20. The molecular weight excluding hydrogens is 613 g/mol. The Kier molecular flexibility index (Phi) is 10.6. The first kappa shape index (κ1) is 33.4. The zero-order valence-corrected chi connectivity index (χ0v) is 26.4. The van der Waals surface area contributed by atoms with Gasteiger partial charge in [-0.15, -0.1) is 0 Å². The molecule has 2 saturated heterocycles. The lowest BCUT2D eigenvalue weighted by Crippen LogP contribution is -2.48. The van der Waals surface area contributed by atoms with Crippen molar-refractivity contribution in [1.82, 2.24) is 18.9 Å². The molecule has 10 nitrogen and oxygen atoms in total. The number of ether oxygens (including phenoxy) is 3. The first-order valence-electron chi connectivity index (χ1n) is 15.5. The molecule has 3 aliphatic rings. The Morgan fingerprint density at radius 2 is 1.69 bits per heavy atom. The van der Waals surface area contributed by atoms with E-state index in [1.165, 1.54) is 6.20 Å². The summed E-state index contributed by atoms with van der Waals surface area (Å²) in [4.78, 5) is 19.5. The van der Waals surface area contributed by atoms with Crippen molar-refractivity contribution in [2.45, 2.75) is 76.4 Å². The molecule has 1 saturated carbocycles. The van der Waals surface area contributed by atoms with Crippen molar-refractivity contribution in [3.05, 3.63) is 53.3 Å². The number of carbonyl (C=O) groups excluding carboxylic acids is 1. The number of likely N-dealkylation sites (tertiary alicyclic amines) is 1. The number of nitrogens with one attached hydrogen (secondary N) is 1. The molecule has 1 aromatic carbocycles. The Morgan fingerprint density at radius 3 is 2.27 bits per heavy atom. The third-order valence-electron chi connectivity index (χ3n) is 8.47. The van der Waals surface area contributed by atoms with Crippen LogP contribution in [0.1, 0.15) is 79.6 Å². The number of carbonyl (C=O) groups is 1. The van der Waals surface area contributed by atoms with Gasteiger partial charge in [0.1, 0.15) is 17.6 Å². The van der Waals surface area contributed by atoms with E-state index in [9.17, 15) is 26.4 Å². The maximum absolute atomic E-state index is 14.1. The predicted octanol–water partition coefficient (Wildman–Crippen LogP) is 4.97. The van der Waals surface area contributed by atoms with E-state index in [1.54, 1.807) is 19.1 Å². The number of halogens is 3. The van der Waals surface area contributed by atoms with Crippen molar-refractivity contribution in [3.63, 3.8) is 0 Å². The zero-order valence-electron chi connectivity index (χ0n) is 25.6. The Morgan fingerprint density at radius 1 is 1.02 bits per heavy atom. The van der Waals surface area contributed by atoms with Gasteiger partial charge in [0.05, 0.1) is 36.3 Å². The normalized spacial score (nSPS) is 20.1. The molecule has 14 heteroatoms. The van der Waals surface area contributed by atoms with Crippen LogP contribution in [-0.4, -0.2) is 80.6 Å². The van der Waals surface area contributed by atoms with E-state index in [-0.39, 0.29) is 25.3 Å².